The molecule has 0 aliphatic heterocycles. The van der Waals surface area contributed by atoms with Gasteiger partial charge in [0.2, 0.25) is 0 Å². The number of nitrogens with zero attached hydrogens (tertiary/aromatic N) is 1. The lowest BCUT2D eigenvalue weighted by Gasteiger charge is -2.14. The predicted molar refractivity (Wildman–Crippen MR) is 84.6 cm³/mol. The van der Waals surface area contributed by atoms with E-state index >= 15 is 0 Å². The van der Waals surface area contributed by atoms with E-state index in [2.05, 4.69) is 9.97 Å². The summed E-state index contributed by atoms with van der Waals surface area (Å²) in [5.74, 6) is -0.392. The van der Waals surface area contributed by atoms with Crippen LogP contribution in [0.25, 0.3) is 10.9 Å². The monoisotopic (exact) mass is 316 g/mol. The van der Waals surface area contributed by atoms with Crippen LogP contribution in [-0.2, 0) is 22.5 Å². The maximum Gasteiger partial charge on any atom is 0.357 e. The van der Waals surface area contributed by atoms with Crippen molar-refractivity contribution in [2.75, 3.05) is 7.11 Å². The highest BCUT2D eigenvalue weighted by atomic mass is 16.5. The second-order valence-corrected chi connectivity index (χ2v) is 6.02. The number of methoxy groups -OCH3 is 1. The smallest absolute Gasteiger partial charge is 0.357 e. The topological polar surface area (TPSA) is 81.3 Å². The van der Waals surface area contributed by atoms with Gasteiger partial charge in [0.05, 0.1) is 24.4 Å². The van der Waals surface area contributed by atoms with E-state index in [1.807, 2.05) is 0 Å². The number of fused-ring (bicyclic) bond motifs is 3. The zero-order chi connectivity index (χ0) is 16.6. The quantitative estimate of drug-likeness (QED) is 0.877. The van der Waals surface area contributed by atoms with E-state index in [4.69, 9.17) is 9.47 Å². The van der Waals surface area contributed by atoms with E-state index < -0.39 is 5.97 Å². The summed E-state index contributed by atoms with van der Waals surface area (Å²) >= 11 is 0. The Bertz CT molecular complexity index is 776. The summed E-state index contributed by atoms with van der Waals surface area (Å²) in [6.45, 7) is 3.77. The van der Waals surface area contributed by atoms with Crippen LogP contribution < -0.4 is 0 Å². The van der Waals surface area contributed by atoms with E-state index in [1.165, 1.54) is 0 Å². The van der Waals surface area contributed by atoms with Crippen LogP contribution in [-0.4, -0.2) is 34.9 Å². The molecule has 0 unspecified atom stereocenters. The summed E-state index contributed by atoms with van der Waals surface area (Å²) in [5, 5.41) is 0.747. The Morgan fingerprint density at radius 3 is 2.87 bits per heavy atom. The number of rotatable bonds is 4. The molecule has 1 N–H and O–H groups in total. The summed E-state index contributed by atoms with van der Waals surface area (Å²) < 4.78 is 10.5. The van der Waals surface area contributed by atoms with Crippen LogP contribution in [0.2, 0.25) is 0 Å². The van der Waals surface area contributed by atoms with Gasteiger partial charge in [0.15, 0.2) is 11.5 Å². The number of ketones is 1. The molecule has 2 aromatic heterocycles. The molecule has 0 bridgehead atoms. The van der Waals surface area contributed by atoms with Crippen molar-refractivity contribution in [1.82, 2.24) is 9.97 Å². The average molecular weight is 316 g/mol. The highest BCUT2D eigenvalue weighted by Crippen LogP contribution is 2.32. The lowest BCUT2D eigenvalue weighted by molar-refractivity contribution is 0.0366. The van der Waals surface area contributed by atoms with E-state index in [-0.39, 0.29) is 24.2 Å². The van der Waals surface area contributed by atoms with Crippen LogP contribution in [0.4, 0.5) is 0 Å². The second-order valence-electron chi connectivity index (χ2n) is 6.02. The minimum absolute atomic E-state index is 0.101. The number of carbonyl (C=O) groups is 2. The average Bonchev–Trinajstić information content (AvgIpc) is 2.87. The largest absolute Gasteiger partial charge is 0.458 e. The Morgan fingerprint density at radius 2 is 2.17 bits per heavy atom. The highest BCUT2D eigenvalue weighted by molar-refractivity contribution is 6.12. The Hall–Kier alpha value is -2.21. The number of esters is 1. The molecule has 23 heavy (non-hydrogen) atoms. The first-order chi connectivity index (χ1) is 11.0. The standard InChI is InChI=1S/C17H20N2O4/c1-9(2)23-17(21)16-10(8-22-3)14-12(7-18-16)19-11-5-4-6-13(20)15(11)14/h7,9,19H,4-6,8H2,1-3H3. The van der Waals surface area contributed by atoms with Crippen molar-refractivity contribution in [3.8, 4) is 0 Å². The minimum Gasteiger partial charge on any atom is -0.458 e. The minimum atomic E-state index is -0.493. The van der Waals surface area contributed by atoms with Gasteiger partial charge in [-0.15, -0.1) is 0 Å². The van der Waals surface area contributed by atoms with Crippen molar-refractivity contribution >= 4 is 22.7 Å². The first kappa shape index (κ1) is 15.7. The Labute approximate surface area is 134 Å². The molecule has 0 saturated carbocycles. The van der Waals surface area contributed by atoms with Gasteiger partial charge in [-0.3, -0.25) is 4.79 Å². The van der Waals surface area contributed by atoms with E-state index in [9.17, 15) is 9.59 Å². The van der Waals surface area contributed by atoms with Gasteiger partial charge < -0.3 is 14.5 Å². The van der Waals surface area contributed by atoms with E-state index in [1.54, 1.807) is 27.2 Å². The van der Waals surface area contributed by atoms with Gasteiger partial charge in [-0.1, -0.05) is 0 Å². The number of ether oxygens (including phenoxy) is 2. The molecule has 0 spiro atoms. The van der Waals surface area contributed by atoms with Crippen LogP contribution >= 0.6 is 0 Å². The van der Waals surface area contributed by atoms with Crippen LogP contribution in [0.3, 0.4) is 0 Å². The third kappa shape index (κ3) is 2.74. The van der Waals surface area contributed by atoms with Crippen molar-refractivity contribution in [2.24, 2.45) is 0 Å². The third-order valence-corrected chi connectivity index (χ3v) is 3.95. The lowest BCUT2D eigenvalue weighted by atomic mass is 9.92. The number of pyridine rings is 1. The van der Waals surface area contributed by atoms with Gasteiger partial charge in [-0.2, -0.15) is 0 Å². The molecular formula is C17H20N2O4. The van der Waals surface area contributed by atoms with Gasteiger partial charge in [0, 0.05) is 35.7 Å². The summed E-state index contributed by atoms with van der Waals surface area (Å²) in [7, 11) is 1.55. The molecule has 0 atom stereocenters. The molecule has 1 aliphatic carbocycles. The molecule has 122 valence electrons. The fourth-order valence-corrected chi connectivity index (χ4v) is 3.09. The molecule has 1 aliphatic rings. The number of carbonyl (C=O) groups excluding carboxylic acids is 2. The first-order valence-electron chi connectivity index (χ1n) is 7.78. The number of aromatic nitrogens is 2. The number of hydrogen-bond acceptors (Lipinski definition) is 5. The molecule has 0 radical (unpaired) electrons. The van der Waals surface area contributed by atoms with Crippen LogP contribution in [0.1, 0.15) is 58.8 Å². The molecule has 2 aromatic rings. The summed E-state index contributed by atoms with van der Waals surface area (Å²) in [5.41, 5.74) is 3.19. The van der Waals surface area contributed by atoms with Crippen molar-refractivity contribution in [1.29, 1.82) is 0 Å². The zero-order valence-electron chi connectivity index (χ0n) is 13.6. The second kappa shape index (κ2) is 6.12. The van der Waals surface area contributed by atoms with Crippen LogP contribution in [0.15, 0.2) is 6.20 Å². The molecule has 6 heteroatoms. The van der Waals surface area contributed by atoms with Gasteiger partial charge in [0.1, 0.15) is 0 Å². The Morgan fingerprint density at radius 1 is 1.39 bits per heavy atom. The number of aryl methyl sites for hydroxylation is 1. The van der Waals surface area contributed by atoms with Gasteiger partial charge in [-0.25, -0.2) is 9.78 Å². The predicted octanol–water partition coefficient (Wildman–Crippen LogP) is 2.79. The Kier molecular flexibility index (Phi) is 4.17. The number of nitrogens with one attached hydrogen (secondary N) is 1. The maximum atomic E-state index is 12.4. The molecule has 0 aromatic carbocycles. The van der Waals surface area contributed by atoms with E-state index in [0.717, 1.165) is 29.4 Å². The Balaban J connectivity index is 2.22. The van der Waals surface area contributed by atoms with Crippen LogP contribution in [0.5, 0.6) is 0 Å². The number of hydrogen-bond donors (Lipinski definition) is 1. The molecular weight excluding hydrogens is 296 g/mol. The fourth-order valence-electron chi connectivity index (χ4n) is 3.09. The van der Waals surface area contributed by atoms with Crippen molar-refractivity contribution in [3.05, 3.63) is 28.7 Å². The third-order valence-electron chi connectivity index (χ3n) is 3.95. The normalized spacial score (nSPS) is 14.3. The zero-order valence-corrected chi connectivity index (χ0v) is 13.6. The van der Waals surface area contributed by atoms with E-state index in [0.29, 0.717) is 17.5 Å². The molecule has 3 rings (SSSR count). The van der Waals surface area contributed by atoms with Crippen molar-refractivity contribution < 1.29 is 19.1 Å². The van der Waals surface area contributed by atoms with Crippen LogP contribution in [0, 0.1) is 0 Å². The van der Waals surface area contributed by atoms with Crippen molar-refractivity contribution in [2.45, 2.75) is 45.8 Å². The summed E-state index contributed by atoms with van der Waals surface area (Å²) in [6, 6.07) is 0. The van der Waals surface area contributed by atoms with Crippen molar-refractivity contribution in [3.63, 3.8) is 0 Å². The number of Topliss-reactive ketones (excluding diaryl/α,β-unsaturated/α-hetero) is 1. The number of H-pyrrole nitrogens is 1. The highest BCUT2D eigenvalue weighted by Gasteiger charge is 2.27. The summed E-state index contributed by atoms with van der Waals surface area (Å²) in [6.07, 6.45) is 3.55. The first-order valence-corrected chi connectivity index (χ1v) is 7.78. The molecule has 0 fully saturated rings. The molecule has 2 heterocycles. The van der Waals surface area contributed by atoms with Gasteiger partial charge in [-0.05, 0) is 26.7 Å². The van der Waals surface area contributed by atoms with Gasteiger partial charge >= 0.3 is 5.97 Å². The molecule has 0 amide bonds. The lowest BCUT2D eigenvalue weighted by Crippen LogP contribution is -2.16. The SMILES string of the molecule is COCc1c(C(=O)OC(C)C)ncc2[nH]c3c(c12)C(=O)CCC3. The maximum absolute atomic E-state index is 12.4. The molecule has 6 nitrogen and oxygen atoms in total. The van der Waals surface area contributed by atoms with Gasteiger partial charge in [0.25, 0.3) is 0 Å². The summed E-state index contributed by atoms with van der Waals surface area (Å²) in [4.78, 5) is 32.2. The number of aromatic amines is 1. The fraction of sp³-hybridized carbons (Fsp3) is 0.471. The molecule has 0 saturated heterocycles.